The average molecular weight is 416 g/mol. The molecule has 1 aliphatic carbocycles. The molecular formula is C13H12O4W+2. The first-order valence-electron chi connectivity index (χ1n) is 4.52. The van der Waals surface area contributed by atoms with Crippen LogP contribution in [0.25, 0.3) is 0 Å². The second-order valence-electron chi connectivity index (χ2n) is 2.76. The van der Waals surface area contributed by atoms with E-state index in [4.69, 9.17) is 9.30 Å². The van der Waals surface area contributed by atoms with Gasteiger partial charge >= 0.3 is 49.6 Å². The van der Waals surface area contributed by atoms with Gasteiger partial charge in [-0.3, -0.25) is 4.79 Å². The number of carbonyl (C=O) groups excluding carboxylic acids is 1. The maximum Gasteiger partial charge on any atom is 2.00 e. The topological polar surface area (TPSA) is 66.1 Å². The summed E-state index contributed by atoms with van der Waals surface area (Å²) in [4.78, 5) is 10.4. The third-order valence-electron chi connectivity index (χ3n) is 1.55. The number of ether oxygens (including phenoxy) is 1. The van der Waals surface area contributed by atoms with Crippen molar-refractivity contribution in [3.05, 3.63) is 64.7 Å². The van der Waals surface area contributed by atoms with E-state index in [-0.39, 0.29) is 33.1 Å². The molecule has 0 aromatic rings. The maximum atomic E-state index is 10.4. The Hall–Kier alpha value is -0.362. The van der Waals surface area contributed by atoms with Crippen LogP contribution in [0.3, 0.4) is 0 Å². The van der Waals surface area contributed by atoms with Crippen LogP contribution in [0.4, 0.5) is 0 Å². The molecule has 2 aliphatic rings. The van der Waals surface area contributed by atoms with Crippen molar-refractivity contribution >= 4 is 5.97 Å². The van der Waals surface area contributed by atoms with Crippen LogP contribution < -0.4 is 0 Å². The molecule has 5 heteroatoms. The molecule has 1 aliphatic heterocycles. The van der Waals surface area contributed by atoms with E-state index in [2.05, 4.69) is 25.0 Å². The summed E-state index contributed by atoms with van der Waals surface area (Å²) in [5.74, 6) is 0.176. The minimum Gasteiger partial charge on any atom is -0.462 e. The van der Waals surface area contributed by atoms with Gasteiger partial charge in [0.25, 0.3) is 0 Å². The number of rotatable bonds is 0. The van der Waals surface area contributed by atoms with Gasteiger partial charge in [0.2, 0.25) is 0 Å². The molecule has 0 amide bonds. The van der Waals surface area contributed by atoms with Gasteiger partial charge in [-0.05, 0) is 46.0 Å². The van der Waals surface area contributed by atoms with Gasteiger partial charge in [-0.1, -0.05) is 0 Å². The van der Waals surface area contributed by atoms with E-state index in [1.54, 1.807) is 13.3 Å². The first-order valence-corrected chi connectivity index (χ1v) is 4.52. The molecule has 0 spiro atoms. The first kappa shape index (κ1) is 22.8. The Morgan fingerprint density at radius 2 is 1.44 bits per heavy atom. The molecule has 4 nitrogen and oxygen atoms in total. The van der Waals surface area contributed by atoms with Crippen molar-refractivity contribution in [3.8, 4) is 0 Å². The van der Waals surface area contributed by atoms with Crippen molar-refractivity contribution in [1.82, 2.24) is 0 Å². The zero-order chi connectivity index (χ0) is 13.7. The summed E-state index contributed by atoms with van der Waals surface area (Å²) >= 11 is 0. The predicted molar refractivity (Wildman–Crippen MR) is 57.8 cm³/mol. The van der Waals surface area contributed by atoms with Crippen LogP contribution >= 0.6 is 0 Å². The van der Waals surface area contributed by atoms with Crippen molar-refractivity contribution in [1.29, 1.82) is 0 Å². The molecule has 18 heavy (non-hydrogen) atoms. The fraction of sp³-hybridized carbons (Fsp3) is 0.154. The Morgan fingerprint density at radius 1 is 1.11 bits per heavy atom. The summed E-state index contributed by atoms with van der Waals surface area (Å²) in [5, 5.41) is 0. The van der Waals surface area contributed by atoms with Crippen molar-refractivity contribution < 1.29 is 39.9 Å². The van der Waals surface area contributed by atoms with Crippen LogP contribution in [-0.2, 0) is 39.9 Å². The van der Waals surface area contributed by atoms with Gasteiger partial charge < -0.3 is 4.74 Å². The Bertz CT molecular complexity index is 220. The van der Waals surface area contributed by atoms with Gasteiger partial charge in [0, 0.05) is 6.42 Å². The number of cyclic esters (lactones) is 1. The molecule has 0 unspecified atom stereocenters. The average Bonchev–Trinajstić information content (AvgIpc) is 2.99. The number of carbonyl (C=O) groups is 1. The van der Waals surface area contributed by atoms with Gasteiger partial charge in [0.1, 0.15) is 6.10 Å². The Labute approximate surface area is 124 Å². The molecule has 1 heterocycles. The van der Waals surface area contributed by atoms with Crippen molar-refractivity contribution in [2.75, 3.05) is 0 Å². The minimum atomic E-state index is -0.294. The second kappa shape index (κ2) is 16.6. The molecule has 8 radical (unpaired) electrons. The van der Waals surface area contributed by atoms with Crippen LogP contribution in [0.15, 0.2) is 0 Å². The predicted octanol–water partition coefficient (Wildman–Crippen LogP) is 1.49. The summed E-state index contributed by atoms with van der Waals surface area (Å²) in [6.07, 6.45) is 11.6. The van der Waals surface area contributed by atoms with E-state index >= 15 is 0 Å². The molecule has 1 atom stereocenters. The van der Waals surface area contributed by atoms with E-state index in [1.165, 1.54) is 0 Å². The Kier molecular flexibility index (Phi) is 21.1. The smallest absolute Gasteiger partial charge is 0.462 e. The van der Waals surface area contributed by atoms with Crippen molar-refractivity contribution in [3.63, 3.8) is 0 Å². The molecular weight excluding hydrogens is 404 g/mol. The van der Waals surface area contributed by atoms with Gasteiger partial charge in [0.15, 0.2) is 0 Å². The van der Waals surface area contributed by atoms with Crippen molar-refractivity contribution in [2.24, 2.45) is 0 Å². The molecule has 1 saturated carbocycles. The SMILES string of the molecule is [C-]#[O+].[C-]#[O+].[CH2][C]1[CH][C@H](C)OC1=O.[CH]1[CH][CH][CH][CH]1.[W+2]. The summed E-state index contributed by atoms with van der Waals surface area (Å²) in [7, 11) is 0. The summed E-state index contributed by atoms with van der Waals surface area (Å²) < 4.78 is 19.7. The Balaban J connectivity index is -0.000000196. The van der Waals surface area contributed by atoms with Crippen LogP contribution in [0.1, 0.15) is 6.92 Å². The zero-order valence-electron chi connectivity index (χ0n) is 9.79. The molecule has 0 bridgehead atoms. The van der Waals surface area contributed by atoms with E-state index < -0.39 is 0 Å². The third-order valence-corrected chi connectivity index (χ3v) is 1.55. The number of hydrogen-bond acceptors (Lipinski definition) is 2. The monoisotopic (exact) mass is 416 g/mol. The maximum absolute atomic E-state index is 10.4. The quantitative estimate of drug-likeness (QED) is 0.341. The fourth-order valence-electron chi connectivity index (χ4n) is 0.951. The van der Waals surface area contributed by atoms with Gasteiger partial charge in [-0.2, -0.15) is 0 Å². The fourth-order valence-corrected chi connectivity index (χ4v) is 0.951. The Morgan fingerprint density at radius 3 is 1.56 bits per heavy atom. The van der Waals surface area contributed by atoms with Crippen molar-refractivity contribution in [2.45, 2.75) is 13.0 Å². The molecule has 92 valence electrons. The number of esters is 1. The molecule has 0 aromatic carbocycles. The van der Waals surface area contributed by atoms with Gasteiger partial charge in [0.05, 0.1) is 5.92 Å². The van der Waals surface area contributed by atoms with E-state index in [0.717, 1.165) is 0 Å². The molecule has 2 fully saturated rings. The third kappa shape index (κ3) is 12.1. The van der Waals surface area contributed by atoms with Crippen LogP contribution in [-0.4, -0.2) is 12.1 Å². The summed E-state index contributed by atoms with van der Waals surface area (Å²) in [6.45, 7) is 14.3. The number of hydrogen-bond donors (Lipinski definition) is 0. The van der Waals surface area contributed by atoms with Crippen LogP contribution in [0.2, 0.25) is 0 Å². The van der Waals surface area contributed by atoms with E-state index in [9.17, 15) is 4.79 Å². The molecule has 0 aromatic heterocycles. The van der Waals surface area contributed by atoms with Crippen LogP contribution in [0.5, 0.6) is 0 Å². The summed E-state index contributed by atoms with van der Waals surface area (Å²) in [6, 6.07) is 0. The molecule has 1 saturated heterocycles. The normalized spacial score (nSPS) is 20.6. The standard InChI is InChI=1S/C6H7O2.C5H5.2CO.W/c1-4-3-5(2)8-6(4)7;1-2-4-5-3-1;2*1-2;/h3,5H,1H2,2H3;1-5H;;;/q;;;;+2/t5-;;;;/m0..../s1. The van der Waals surface area contributed by atoms with Gasteiger partial charge in [-0.25, -0.2) is 0 Å². The van der Waals surface area contributed by atoms with Gasteiger partial charge in [-0.15, -0.1) is 0 Å². The summed E-state index contributed by atoms with van der Waals surface area (Å²) in [5.41, 5.74) is 0. The first-order chi connectivity index (χ1) is 8.20. The van der Waals surface area contributed by atoms with Crippen LogP contribution in [0, 0.1) is 64.7 Å². The molecule has 2 rings (SSSR count). The minimum absolute atomic E-state index is 0. The zero-order valence-corrected chi connectivity index (χ0v) is 12.7. The van der Waals surface area contributed by atoms with E-state index in [1.807, 2.05) is 32.1 Å². The van der Waals surface area contributed by atoms with E-state index in [0.29, 0.717) is 5.92 Å². The second-order valence-corrected chi connectivity index (χ2v) is 2.76. The molecule has 0 N–H and O–H groups in total. The largest absolute Gasteiger partial charge is 2.00 e.